The summed E-state index contributed by atoms with van der Waals surface area (Å²) in [5, 5.41) is 0. The first-order chi connectivity index (χ1) is 9.41. The largest absolute Gasteiger partial charge is 0.300 e. The van der Waals surface area contributed by atoms with E-state index in [-0.39, 0.29) is 24.5 Å². The number of rotatable bonds is 5. The van der Waals surface area contributed by atoms with Crippen LogP contribution in [0.2, 0.25) is 0 Å². The number of carbonyl (C=O) groups is 4. The van der Waals surface area contributed by atoms with E-state index >= 15 is 0 Å². The molecule has 0 saturated carbocycles. The summed E-state index contributed by atoms with van der Waals surface area (Å²) < 4.78 is 0. The second-order valence-electron chi connectivity index (χ2n) is 5.02. The van der Waals surface area contributed by atoms with Gasteiger partial charge in [0.25, 0.3) is 11.8 Å². The Kier molecular flexibility index (Phi) is 3.79. The zero-order valence-corrected chi connectivity index (χ0v) is 11.4. The molecule has 0 N–H and O–H groups in total. The highest BCUT2D eigenvalue weighted by atomic mass is 16.2. The molecular weight excluding hydrogens is 258 g/mol. The van der Waals surface area contributed by atoms with Gasteiger partial charge in [0.2, 0.25) is 0 Å². The molecule has 5 nitrogen and oxygen atoms in total. The van der Waals surface area contributed by atoms with Gasteiger partial charge in [0.15, 0.2) is 5.78 Å². The first-order valence-corrected chi connectivity index (χ1v) is 6.39. The van der Waals surface area contributed by atoms with Crippen molar-refractivity contribution in [2.45, 2.75) is 20.3 Å². The lowest BCUT2D eigenvalue weighted by molar-refractivity contribution is -0.126. The maximum atomic E-state index is 12.1. The number of Topliss-reactive ketones (excluding diaryl/α,β-unsaturated/α-hetero) is 2. The highest BCUT2D eigenvalue weighted by Gasteiger charge is 2.36. The molecule has 104 valence electrons. The third-order valence-electron chi connectivity index (χ3n) is 3.34. The Bertz CT molecular complexity index is 571. The molecule has 0 aliphatic carbocycles. The Labute approximate surface area is 116 Å². The first-order valence-electron chi connectivity index (χ1n) is 6.39. The summed E-state index contributed by atoms with van der Waals surface area (Å²) in [6, 6.07) is 6.49. The average molecular weight is 273 g/mol. The zero-order valence-electron chi connectivity index (χ0n) is 11.4. The lowest BCUT2D eigenvalue weighted by Crippen LogP contribution is -2.37. The first kappa shape index (κ1) is 14.1. The van der Waals surface area contributed by atoms with Crippen LogP contribution in [0.4, 0.5) is 0 Å². The van der Waals surface area contributed by atoms with Gasteiger partial charge < -0.3 is 4.79 Å². The number of benzene rings is 1. The van der Waals surface area contributed by atoms with Crippen LogP contribution in [0.3, 0.4) is 0 Å². The second kappa shape index (κ2) is 5.36. The minimum atomic E-state index is -0.489. The van der Waals surface area contributed by atoms with Crippen LogP contribution in [-0.2, 0) is 9.59 Å². The Balaban J connectivity index is 2.13. The molecule has 20 heavy (non-hydrogen) atoms. The third-order valence-corrected chi connectivity index (χ3v) is 3.34. The maximum Gasteiger partial charge on any atom is 0.261 e. The van der Waals surface area contributed by atoms with Crippen LogP contribution in [0, 0.1) is 5.92 Å². The molecule has 1 aliphatic rings. The highest BCUT2D eigenvalue weighted by Crippen LogP contribution is 2.22. The number of fused-ring (bicyclic) bond motifs is 1. The third kappa shape index (κ3) is 2.52. The van der Waals surface area contributed by atoms with Gasteiger partial charge in [-0.25, -0.2) is 0 Å². The standard InChI is InChI=1S/C15H15NO4/c1-9(7-10(2)17)13(18)8-16-14(19)11-5-3-4-6-12(11)15(16)20/h3-6,9H,7-8H2,1-2H3/t9-/m1/s1. The maximum absolute atomic E-state index is 12.1. The average Bonchev–Trinajstić information content (AvgIpc) is 2.64. The van der Waals surface area contributed by atoms with E-state index in [0.29, 0.717) is 11.1 Å². The smallest absolute Gasteiger partial charge is 0.261 e. The van der Waals surface area contributed by atoms with Gasteiger partial charge in [-0.1, -0.05) is 19.1 Å². The Hall–Kier alpha value is -2.30. The van der Waals surface area contributed by atoms with Crippen LogP contribution < -0.4 is 0 Å². The van der Waals surface area contributed by atoms with E-state index < -0.39 is 17.7 Å². The summed E-state index contributed by atoms with van der Waals surface area (Å²) in [7, 11) is 0. The predicted octanol–water partition coefficient (Wildman–Crippen LogP) is 1.47. The number of hydrogen-bond donors (Lipinski definition) is 0. The van der Waals surface area contributed by atoms with Gasteiger partial charge >= 0.3 is 0 Å². The van der Waals surface area contributed by atoms with Crippen molar-refractivity contribution in [3.8, 4) is 0 Å². The molecule has 2 amide bonds. The summed E-state index contributed by atoms with van der Waals surface area (Å²) in [5.41, 5.74) is 0.647. The van der Waals surface area contributed by atoms with Gasteiger partial charge in [0, 0.05) is 12.3 Å². The lowest BCUT2D eigenvalue weighted by Gasteiger charge is -2.15. The second-order valence-corrected chi connectivity index (χ2v) is 5.02. The van der Waals surface area contributed by atoms with E-state index in [0.717, 1.165) is 4.90 Å². The van der Waals surface area contributed by atoms with Crippen molar-refractivity contribution in [3.05, 3.63) is 35.4 Å². The van der Waals surface area contributed by atoms with Gasteiger partial charge in [-0.15, -0.1) is 0 Å². The van der Waals surface area contributed by atoms with Crippen LogP contribution in [0.1, 0.15) is 41.0 Å². The normalized spacial score (nSPS) is 15.2. The molecule has 1 aliphatic heterocycles. The van der Waals surface area contributed by atoms with Crippen molar-refractivity contribution in [3.63, 3.8) is 0 Å². The number of carbonyl (C=O) groups excluding carboxylic acids is 4. The van der Waals surface area contributed by atoms with Crippen molar-refractivity contribution in [2.24, 2.45) is 5.92 Å². The van der Waals surface area contributed by atoms with Crippen molar-refractivity contribution < 1.29 is 19.2 Å². The fraction of sp³-hybridized carbons (Fsp3) is 0.333. The molecular formula is C15H15NO4. The van der Waals surface area contributed by atoms with Crippen LogP contribution >= 0.6 is 0 Å². The van der Waals surface area contributed by atoms with Crippen molar-refractivity contribution >= 4 is 23.4 Å². The van der Waals surface area contributed by atoms with Crippen LogP contribution in [0.5, 0.6) is 0 Å². The molecule has 5 heteroatoms. The minimum Gasteiger partial charge on any atom is -0.300 e. The minimum absolute atomic E-state index is 0.0896. The molecule has 0 fully saturated rings. The van der Waals surface area contributed by atoms with Crippen LogP contribution in [0.15, 0.2) is 24.3 Å². The molecule has 0 unspecified atom stereocenters. The topological polar surface area (TPSA) is 71.5 Å². The summed E-state index contributed by atoms with van der Waals surface area (Å²) >= 11 is 0. The molecule has 1 aromatic carbocycles. The van der Waals surface area contributed by atoms with Gasteiger partial charge in [-0.3, -0.25) is 19.3 Å². The number of imide groups is 1. The molecule has 2 rings (SSSR count). The van der Waals surface area contributed by atoms with Crippen LogP contribution in [0.25, 0.3) is 0 Å². The number of ketones is 2. The number of nitrogens with zero attached hydrogens (tertiary/aromatic N) is 1. The fourth-order valence-corrected chi connectivity index (χ4v) is 2.24. The van der Waals surface area contributed by atoms with E-state index in [9.17, 15) is 19.2 Å². The van der Waals surface area contributed by atoms with Crippen molar-refractivity contribution in [1.82, 2.24) is 4.90 Å². The fourth-order valence-electron chi connectivity index (χ4n) is 2.24. The highest BCUT2D eigenvalue weighted by molar-refractivity contribution is 6.22. The Morgan fingerprint density at radius 3 is 2.05 bits per heavy atom. The molecule has 1 atom stereocenters. The monoisotopic (exact) mass is 273 g/mol. The van der Waals surface area contributed by atoms with E-state index in [1.165, 1.54) is 6.92 Å². The van der Waals surface area contributed by atoms with Gasteiger partial charge in [0.05, 0.1) is 17.7 Å². The van der Waals surface area contributed by atoms with Crippen molar-refractivity contribution in [1.29, 1.82) is 0 Å². The van der Waals surface area contributed by atoms with Gasteiger partial charge in [0.1, 0.15) is 5.78 Å². The summed E-state index contributed by atoms with van der Waals surface area (Å²) in [6.07, 6.45) is 0.127. The quantitative estimate of drug-likeness (QED) is 0.761. The molecule has 0 bridgehead atoms. The molecule has 0 spiro atoms. The van der Waals surface area contributed by atoms with E-state index in [4.69, 9.17) is 0 Å². The molecule has 0 aromatic heterocycles. The number of amides is 2. The van der Waals surface area contributed by atoms with E-state index in [1.54, 1.807) is 31.2 Å². The van der Waals surface area contributed by atoms with Gasteiger partial charge in [-0.05, 0) is 19.1 Å². The summed E-state index contributed by atoms with van der Waals surface area (Å²) in [5.74, 6) is -1.76. The summed E-state index contributed by atoms with van der Waals surface area (Å²) in [4.78, 5) is 48.1. The number of hydrogen-bond acceptors (Lipinski definition) is 4. The Morgan fingerprint density at radius 2 is 1.60 bits per heavy atom. The molecule has 1 heterocycles. The summed E-state index contributed by atoms with van der Waals surface area (Å²) in [6.45, 7) is 2.76. The predicted molar refractivity (Wildman–Crippen MR) is 71.3 cm³/mol. The Morgan fingerprint density at radius 1 is 1.10 bits per heavy atom. The molecule has 1 aromatic rings. The van der Waals surface area contributed by atoms with Gasteiger partial charge in [-0.2, -0.15) is 0 Å². The van der Waals surface area contributed by atoms with Crippen LogP contribution in [-0.4, -0.2) is 34.8 Å². The van der Waals surface area contributed by atoms with E-state index in [2.05, 4.69) is 0 Å². The SMILES string of the molecule is CC(=O)C[C@@H](C)C(=O)CN1C(=O)c2ccccc2C1=O. The zero-order chi connectivity index (χ0) is 14.9. The van der Waals surface area contributed by atoms with E-state index in [1.807, 2.05) is 0 Å². The molecule has 0 radical (unpaired) electrons. The lowest BCUT2D eigenvalue weighted by atomic mass is 10.00. The van der Waals surface area contributed by atoms with Crippen molar-refractivity contribution in [2.75, 3.05) is 6.54 Å². The molecule has 0 saturated heterocycles.